The topological polar surface area (TPSA) is 40.1 Å². The average molecular weight is 428 g/mol. The SMILES string of the molecule is CN=C(NCCN1CCSCC1)N1CCC(COC)C1.I. The molecule has 2 aliphatic heterocycles. The van der Waals surface area contributed by atoms with Crippen LogP contribution in [0.15, 0.2) is 4.99 Å². The Morgan fingerprint density at radius 2 is 2.10 bits per heavy atom. The van der Waals surface area contributed by atoms with Gasteiger partial charge in [0.05, 0.1) is 6.61 Å². The van der Waals surface area contributed by atoms with Crippen molar-refractivity contribution in [3.05, 3.63) is 0 Å². The fraction of sp³-hybridized carbons (Fsp3) is 0.929. The number of nitrogens with one attached hydrogen (secondary N) is 1. The molecule has 0 aromatic rings. The van der Waals surface area contributed by atoms with Gasteiger partial charge in [0.2, 0.25) is 0 Å². The predicted octanol–water partition coefficient (Wildman–Crippen LogP) is 1.20. The van der Waals surface area contributed by atoms with Crippen LogP contribution in [0.4, 0.5) is 0 Å². The van der Waals surface area contributed by atoms with Gasteiger partial charge < -0.3 is 15.0 Å². The first-order valence-corrected chi connectivity index (χ1v) is 8.73. The number of halogens is 1. The summed E-state index contributed by atoms with van der Waals surface area (Å²) in [5.74, 6) is 4.26. The summed E-state index contributed by atoms with van der Waals surface area (Å²) in [5.41, 5.74) is 0. The van der Waals surface area contributed by atoms with E-state index in [1.54, 1.807) is 7.11 Å². The van der Waals surface area contributed by atoms with Gasteiger partial charge in [-0.3, -0.25) is 9.89 Å². The molecule has 1 N–H and O–H groups in total. The first-order chi connectivity index (χ1) is 9.83. The van der Waals surface area contributed by atoms with Crippen LogP contribution >= 0.6 is 35.7 Å². The Hall–Kier alpha value is 0.270. The maximum Gasteiger partial charge on any atom is 0.193 e. The van der Waals surface area contributed by atoms with Crippen LogP contribution in [0, 0.1) is 5.92 Å². The zero-order valence-electron chi connectivity index (χ0n) is 13.2. The van der Waals surface area contributed by atoms with Gasteiger partial charge in [-0.25, -0.2) is 0 Å². The molecule has 0 aliphatic carbocycles. The molecule has 0 aromatic carbocycles. The molecule has 2 rings (SSSR count). The number of hydrogen-bond donors (Lipinski definition) is 1. The standard InChI is InChI=1S/C14H28N4OS.HI/c1-15-14(18-5-3-13(11-18)12-19-2)16-4-6-17-7-9-20-10-8-17;/h13H,3-12H2,1-2H3,(H,15,16);1H. The Morgan fingerprint density at radius 1 is 1.33 bits per heavy atom. The minimum absolute atomic E-state index is 0. The lowest BCUT2D eigenvalue weighted by molar-refractivity contribution is 0.157. The summed E-state index contributed by atoms with van der Waals surface area (Å²) in [6.45, 7) is 7.58. The van der Waals surface area contributed by atoms with Crippen LogP contribution in [0.1, 0.15) is 6.42 Å². The number of ether oxygens (including phenoxy) is 1. The van der Waals surface area contributed by atoms with Gasteiger partial charge in [0, 0.05) is 70.8 Å². The highest BCUT2D eigenvalue weighted by Gasteiger charge is 2.24. The van der Waals surface area contributed by atoms with Crippen molar-refractivity contribution in [2.24, 2.45) is 10.9 Å². The van der Waals surface area contributed by atoms with Crippen LogP contribution in [-0.2, 0) is 4.74 Å². The Kier molecular flexibility index (Phi) is 10.0. The zero-order chi connectivity index (χ0) is 14.2. The van der Waals surface area contributed by atoms with E-state index in [1.165, 1.54) is 31.0 Å². The Balaban J connectivity index is 0.00000220. The van der Waals surface area contributed by atoms with E-state index in [9.17, 15) is 0 Å². The summed E-state index contributed by atoms with van der Waals surface area (Å²) in [4.78, 5) is 9.31. The van der Waals surface area contributed by atoms with Crippen LogP contribution in [0.5, 0.6) is 0 Å². The van der Waals surface area contributed by atoms with Crippen molar-refractivity contribution >= 4 is 41.7 Å². The normalized spacial score (nSPS) is 24.0. The molecule has 21 heavy (non-hydrogen) atoms. The molecular formula is C14H29IN4OS. The molecule has 2 saturated heterocycles. The average Bonchev–Trinajstić information content (AvgIpc) is 2.94. The lowest BCUT2D eigenvalue weighted by atomic mass is 10.1. The highest BCUT2D eigenvalue weighted by atomic mass is 127. The van der Waals surface area contributed by atoms with Crippen LogP contribution in [0.2, 0.25) is 0 Å². The number of thioether (sulfide) groups is 1. The van der Waals surface area contributed by atoms with Gasteiger partial charge in [-0.15, -0.1) is 24.0 Å². The molecule has 1 atom stereocenters. The maximum absolute atomic E-state index is 5.25. The van der Waals surface area contributed by atoms with Gasteiger partial charge in [0.15, 0.2) is 5.96 Å². The maximum atomic E-state index is 5.25. The quantitative estimate of drug-likeness (QED) is 0.405. The first kappa shape index (κ1) is 19.3. The molecule has 0 aromatic heterocycles. The smallest absolute Gasteiger partial charge is 0.193 e. The molecule has 0 bridgehead atoms. The minimum atomic E-state index is 0. The van der Waals surface area contributed by atoms with Gasteiger partial charge in [-0.05, 0) is 6.42 Å². The van der Waals surface area contributed by atoms with E-state index in [4.69, 9.17) is 4.74 Å². The van der Waals surface area contributed by atoms with Gasteiger partial charge in [0.1, 0.15) is 0 Å². The molecule has 5 nitrogen and oxygen atoms in total. The number of likely N-dealkylation sites (tertiary alicyclic amines) is 1. The molecule has 0 saturated carbocycles. The third kappa shape index (κ3) is 6.50. The summed E-state index contributed by atoms with van der Waals surface area (Å²) < 4.78 is 5.25. The van der Waals surface area contributed by atoms with Gasteiger partial charge in [0.25, 0.3) is 0 Å². The second-order valence-electron chi connectivity index (χ2n) is 5.48. The van der Waals surface area contributed by atoms with E-state index in [1.807, 2.05) is 7.05 Å². The van der Waals surface area contributed by atoms with Crippen molar-refractivity contribution in [1.82, 2.24) is 15.1 Å². The monoisotopic (exact) mass is 428 g/mol. The van der Waals surface area contributed by atoms with Crippen LogP contribution in [-0.4, -0.2) is 87.3 Å². The Morgan fingerprint density at radius 3 is 2.76 bits per heavy atom. The molecule has 2 heterocycles. The molecule has 124 valence electrons. The molecular weight excluding hydrogens is 399 g/mol. The Labute approximate surface area is 150 Å². The predicted molar refractivity (Wildman–Crippen MR) is 102 cm³/mol. The van der Waals surface area contributed by atoms with E-state index >= 15 is 0 Å². The highest BCUT2D eigenvalue weighted by molar-refractivity contribution is 14.0. The fourth-order valence-electron chi connectivity index (χ4n) is 2.88. The highest BCUT2D eigenvalue weighted by Crippen LogP contribution is 2.16. The van der Waals surface area contributed by atoms with E-state index < -0.39 is 0 Å². The number of aliphatic imine (C=N–C) groups is 1. The summed E-state index contributed by atoms with van der Waals surface area (Å²) in [5, 5.41) is 3.51. The largest absolute Gasteiger partial charge is 0.384 e. The molecule has 2 aliphatic rings. The van der Waals surface area contributed by atoms with E-state index in [-0.39, 0.29) is 24.0 Å². The molecule has 1 unspecified atom stereocenters. The zero-order valence-corrected chi connectivity index (χ0v) is 16.4. The fourth-order valence-corrected chi connectivity index (χ4v) is 3.86. The second kappa shape index (κ2) is 10.9. The van der Waals surface area contributed by atoms with Gasteiger partial charge in [-0.2, -0.15) is 11.8 Å². The Bertz CT molecular complexity index is 313. The summed E-state index contributed by atoms with van der Waals surface area (Å²) >= 11 is 2.06. The molecule has 7 heteroatoms. The van der Waals surface area contributed by atoms with Crippen LogP contribution < -0.4 is 5.32 Å². The lowest BCUT2D eigenvalue weighted by Gasteiger charge is -2.27. The van der Waals surface area contributed by atoms with Crippen LogP contribution in [0.3, 0.4) is 0 Å². The van der Waals surface area contributed by atoms with Crippen molar-refractivity contribution in [2.45, 2.75) is 6.42 Å². The van der Waals surface area contributed by atoms with Gasteiger partial charge >= 0.3 is 0 Å². The number of guanidine groups is 1. The summed E-state index contributed by atoms with van der Waals surface area (Å²) in [6.07, 6.45) is 1.21. The van der Waals surface area contributed by atoms with E-state index in [2.05, 4.69) is 31.9 Å². The van der Waals surface area contributed by atoms with E-state index in [0.29, 0.717) is 5.92 Å². The molecule has 0 radical (unpaired) electrons. The number of methoxy groups -OCH3 is 1. The van der Waals surface area contributed by atoms with Crippen molar-refractivity contribution in [3.63, 3.8) is 0 Å². The third-order valence-corrected chi connectivity index (χ3v) is 4.96. The minimum Gasteiger partial charge on any atom is -0.384 e. The lowest BCUT2D eigenvalue weighted by Crippen LogP contribution is -2.44. The molecule has 0 amide bonds. The number of hydrogen-bond acceptors (Lipinski definition) is 4. The number of rotatable bonds is 5. The third-order valence-electron chi connectivity index (χ3n) is 4.01. The summed E-state index contributed by atoms with van der Waals surface area (Å²) in [6, 6.07) is 0. The van der Waals surface area contributed by atoms with Gasteiger partial charge in [-0.1, -0.05) is 0 Å². The van der Waals surface area contributed by atoms with Crippen LogP contribution in [0.25, 0.3) is 0 Å². The second-order valence-corrected chi connectivity index (χ2v) is 6.71. The van der Waals surface area contributed by atoms with Crippen molar-refractivity contribution in [3.8, 4) is 0 Å². The molecule has 2 fully saturated rings. The number of nitrogens with zero attached hydrogens (tertiary/aromatic N) is 3. The van der Waals surface area contributed by atoms with Crippen molar-refractivity contribution in [2.75, 3.05) is 71.5 Å². The van der Waals surface area contributed by atoms with E-state index in [0.717, 1.165) is 38.7 Å². The molecule has 0 spiro atoms. The van der Waals surface area contributed by atoms with Crippen molar-refractivity contribution < 1.29 is 4.74 Å². The van der Waals surface area contributed by atoms with Crippen molar-refractivity contribution in [1.29, 1.82) is 0 Å². The first-order valence-electron chi connectivity index (χ1n) is 7.58. The summed E-state index contributed by atoms with van der Waals surface area (Å²) in [7, 11) is 3.66.